The number of nitrogen functional groups attached to an aromatic ring is 1. The Morgan fingerprint density at radius 2 is 2.12 bits per heavy atom. The molecule has 0 aliphatic rings. The van der Waals surface area contributed by atoms with Gasteiger partial charge in [0.25, 0.3) is 0 Å². The maximum absolute atomic E-state index is 12.6. The van der Waals surface area contributed by atoms with Gasteiger partial charge in [0, 0.05) is 13.2 Å². The van der Waals surface area contributed by atoms with Crippen LogP contribution >= 0.6 is 0 Å². The van der Waals surface area contributed by atoms with Crippen molar-refractivity contribution >= 4 is 16.7 Å². The molecule has 2 rings (SSSR count). The number of halogens is 3. The second-order valence-electron chi connectivity index (χ2n) is 3.27. The summed E-state index contributed by atoms with van der Waals surface area (Å²) in [5.74, 6) is 0. The number of hydrogen-bond donors (Lipinski definition) is 2. The van der Waals surface area contributed by atoms with E-state index in [1.807, 2.05) is 0 Å². The molecule has 16 heavy (non-hydrogen) atoms. The van der Waals surface area contributed by atoms with Gasteiger partial charge >= 0.3 is 6.18 Å². The van der Waals surface area contributed by atoms with E-state index in [0.29, 0.717) is 0 Å². The van der Waals surface area contributed by atoms with E-state index in [-0.39, 0.29) is 11.3 Å². The van der Waals surface area contributed by atoms with Crippen LogP contribution in [0.5, 0.6) is 0 Å². The molecule has 0 unspecified atom stereocenters. The van der Waals surface area contributed by atoms with Crippen LogP contribution in [0.3, 0.4) is 0 Å². The summed E-state index contributed by atoms with van der Waals surface area (Å²) in [7, 11) is 1.31. The number of pyridine rings is 1. The molecule has 0 aliphatic carbocycles. The zero-order valence-electron chi connectivity index (χ0n) is 8.09. The molecule has 2 heterocycles. The normalized spacial score (nSPS) is 12.2. The van der Waals surface area contributed by atoms with Crippen LogP contribution in [-0.4, -0.2) is 14.8 Å². The number of nitrogens with zero attached hydrogens (tertiary/aromatic N) is 2. The SMILES string of the molecule is Cn1nc(C(F)(F)F)c2c(=O)c(N)c[nH]c21. The molecule has 5 nitrogen and oxygen atoms in total. The van der Waals surface area contributed by atoms with Crippen molar-refractivity contribution in [2.75, 3.05) is 5.73 Å². The van der Waals surface area contributed by atoms with E-state index in [9.17, 15) is 18.0 Å². The highest BCUT2D eigenvalue weighted by Crippen LogP contribution is 2.31. The van der Waals surface area contributed by atoms with Crippen molar-refractivity contribution in [3.63, 3.8) is 0 Å². The summed E-state index contributed by atoms with van der Waals surface area (Å²) in [6.45, 7) is 0. The molecular weight excluding hydrogens is 225 g/mol. The first-order valence-electron chi connectivity index (χ1n) is 4.23. The van der Waals surface area contributed by atoms with Crippen molar-refractivity contribution in [1.82, 2.24) is 14.8 Å². The fourth-order valence-corrected chi connectivity index (χ4v) is 1.46. The number of nitrogens with one attached hydrogen (secondary N) is 1. The lowest BCUT2D eigenvalue weighted by molar-refractivity contribution is -0.140. The molecule has 0 aromatic carbocycles. The number of aromatic nitrogens is 3. The molecule has 0 bridgehead atoms. The Bertz CT molecular complexity index is 610. The number of aromatic amines is 1. The monoisotopic (exact) mass is 232 g/mol. The molecule has 0 saturated carbocycles. The zero-order valence-corrected chi connectivity index (χ0v) is 8.09. The Morgan fingerprint density at radius 3 is 2.69 bits per heavy atom. The van der Waals surface area contributed by atoms with Crippen LogP contribution in [0.1, 0.15) is 5.69 Å². The first-order chi connectivity index (χ1) is 7.32. The van der Waals surface area contributed by atoms with Gasteiger partial charge in [0.05, 0.1) is 11.1 Å². The summed E-state index contributed by atoms with van der Waals surface area (Å²) in [5, 5.41) is 2.74. The third-order valence-electron chi connectivity index (χ3n) is 2.17. The molecular formula is C8H7F3N4O. The van der Waals surface area contributed by atoms with E-state index in [1.54, 1.807) is 0 Å². The third kappa shape index (κ3) is 1.34. The molecule has 2 aromatic rings. The molecule has 0 saturated heterocycles. The standard InChI is InChI=1S/C8H7F3N4O/c1-15-7-4(5(16)3(12)2-13-7)6(14-15)8(9,10)11/h2H,12H2,1H3,(H,13,16). The average Bonchev–Trinajstić information content (AvgIpc) is 2.50. The number of fused-ring (bicyclic) bond motifs is 1. The van der Waals surface area contributed by atoms with Gasteiger partial charge < -0.3 is 10.7 Å². The number of H-pyrrole nitrogens is 1. The minimum atomic E-state index is -4.68. The van der Waals surface area contributed by atoms with Crippen molar-refractivity contribution in [3.05, 3.63) is 22.1 Å². The topological polar surface area (TPSA) is 76.7 Å². The first-order valence-corrected chi connectivity index (χ1v) is 4.23. The number of aryl methyl sites for hydroxylation is 1. The van der Waals surface area contributed by atoms with E-state index >= 15 is 0 Å². The first kappa shape index (κ1) is 10.5. The molecule has 86 valence electrons. The molecule has 0 radical (unpaired) electrons. The number of hydrogen-bond acceptors (Lipinski definition) is 3. The lowest BCUT2D eigenvalue weighted by Crippen LogP contribution is -2.14. The minimum Gasteiger partial charge on any atom is -0.394 e. The number of rotatable bonds is 0. The number of nitrogens with two attached hydrogens (primary N) is 1. The Hall–Kier alpha value is -1.99. The van der Waals surface area contributed by atoms with Crippen molar-refractivity contribution < 1.29 is 13.2 Å². The van der Waals surface area contributed by atoms with Crippen LogP contribution in [0.15, 0.2) is 11.0 Å². The lowest BCUT2D eigenvalue weighted by atomic mass is 10.2. The Balaban J connectivity index is 2.98. The molecule has 3 N–H and O–H groups in total. The van der Waals surface area contributed by atoms with Gasteiger partial charge in [-0.3, -0.25) is 9.48 Å². The molecule has 0 atom stereocenters. The molecule has 0 aliphatic heterocycles. The van der Waals surface area contributed by atoms with Gasteiger partial charge in [0.15, 0.2) is 5.69 Å². The highest BCUT2D eigenvalue weighted by molar-refractivity contribution is 5.81. The summed E-state index contributed by atoms with van der Waals surface area (Å²) in [4.78, 5) is 14.0. The zero-order chi connectivity index (χ0) is 12.1. The highest BCUT2D eigenvalue weighted by Gasteiger charge is 2.38. The van der Waals surface area contributed by atoms with Crippen molar-refractivity contribution in [2.24, 2.45) is 7.05 Å². The van der Waals surface area contributed by atoms with Crippen molar-refractivity contribution in [1.29, 1.82) is 0 Å². The van der Waals surface area contributed by atoms with Crippen LogP contribution < -0.4 is 11.2 Å². The van der Waals surface area contributed by atoms with Crippen molar-refractivity contribution in [2.45, 2.75) is 6.18 Å². The molecule has 0 spiro atoms. The maximum atomic E-state index is 12.6. The quantitative estimate of drug-likeness (QED) is 0.707. The van der Waals surface area contributed by atoms with Crippen LogP contribution in [0.2, 0.25) is 0 Å². The molecule has 0 amide bonds. The summed E-state index contributed by atoms with van der Waals surface area (Å²) >= 11 is 0. The maximum Gasteiger partial charge on any atom is 0.435 e. The van der Waals surface area contributed by atoms with E-state index < -0.39 is 22.7 Å². The van der Waals surface area contributed by atoms with Gasteiger partial charge in [-0.05, 0) is 0 Å². The smallest absolute Gasteiger partial charge is 0.394 e. The second-order valence-corrected chi connectivity index (χ2v) is 3.27. The Labute approximate surface area is 86.7 Å². The predicted octanol–water partition coefficient (Wildman–Crippen LogP) is 0.863. The summed E-state index contributed by atoms with van der Waals surface area (Å²) in [6.07, 6.45) is -3.53. The fourth-order valence-electron chi connectivity index (χ4n) is 1.46. The second kappa shape index (κ2) is 3.00. The molecule has 0 fully saturated rings. The van der Waals surface area contributed by atoms with Gasteiger partial charge in [0.1, 0.15) is 5.65 Å². The Kier molecular flexibility index (Phi) is 1.97. The third-order valence-corrected chi connectivity index (χ3v) is 2.17. The lowest BCUT2D eigenvalue weighted by Gasteiger charge is -2.01. The largest absolute Gasteiger partial charge is 0.435 e. The van der Waals surface area contributed by atoms with Crippen LogP contribution in [-0.2, 0) is 13.2 Å². The van der Waals surface area contributed by atoms with Crippen molar-refractivity contribution in [3.8, 4) is 0 Å². The van der Waals surface area contributed by atoms with Gasteiger partial charge in [-0.1, -0.05) is 0 Å². The van der Waals surface area contributed by atoms with Gasteiger partial charge in [-0.2, -0.15) is 18.3 Å². The van der Waals surface area contributed by atoms with Crippen LogP contribution in [0.4, 0.5) is 18.9 Å². The summed E-state index contributed by atoms with van der Waals surface area (Å²) in [5.41, 5.74) is 2.89. The minimum absolute atomic E-state index is 0.00785. The summed E-state index contributed by atoms with van der Waals surface area (Å²) < 4.78 is 38.7. The number of alkyl halides is 3. The van der Waals surface area contributed by atoms with Crippen LogP contribution in [0, 0.1) is 0 Å². The van der Waals surface area contributed by atoms with Crippen LogP contribution in [0.25, 0.3) is 11.0 Å². The number of anilines is 1. The molecule has 2 aromatic heterocycles. The van der Waals surface area contributed by atoms with E-state index in [1.165, 1.54) is 7.05 Å². The fraction of sp³-hybridized carbons (Fsp3) is 0.250. The Morgan fingerprint density at radius 1 is 1.50 bits per heavy atom. The van der Waals surface area contributed by atoms with Gasteiger partial charge in [0.2, 0.25) is 5.43 Å². The van der Waals surface area contributed by atoms with E-state index in [2.05, 4.69) is 10.1 Å². The predicted molar refractivity (Wildman–Crippen MR) is 50.7 cm³/mol. The van der Waals surface area contributed by atoms with Gasteiger partial charge in [-0.25, -0.2) is 0 Å². The average molecular weight is 232 g/mol. The summed E-state index contributed by atoms with van der Waals surface area (Å²) in [6, 6.07) is 0. The van der Waals surface area contributed by atoms with E-state index in [4.69, 9.17) is 5.73 Å². The van der Waals surface area contributed by atoms with Gasteiger partial charge in [-0.15, -0.1) is 0 Å². The highest BCUT2D eigenvalue weighted by atomic mass is 19.4. The molecule has 8 heteroatoms. The van der Waals surface area contributed by atoms with E-state index in [0.717, 1.165) is 10.9 Å².